The first-order chi connectivity index (χ1) is 7.63. The van der Waals surface area contributed by atoms with Gasteiger partial charge in [-0.05, 0) is 40.8 Å². The topological polar surface area (TPSA) is 63.9 Å². The molecule has 4 nitrogen and oxygen atoms in total. The van der Waals surface area contributed by atoms with Gasteiger partial charge in [0.2, 0.25) is 0 Å². The molecule has 0 saturated heterocycles. The third-order valence-corrected chi connectivity index (χ3v) is 3.58. The van der Waals surface area contributed by atoms with Crippen molar-refractivity contribution < 1.29 is 4.74 Å². The fraction of sp³-hybridized carbons (Fsp3) is 0.100. The molecule has 16 heavy (non-hydrogen) atoms. The zero-order chi connectivity index (χ0) is 11.7. The van der Waals surface area contributed by atoms with E-state index >= 15 is 0 Å². The number of halogens is 2. The van der Waals surface area contributed by atoms with E-state index in [9.17, 15) is 0 Å². The average molecular weight is 350 g/mol. The van der Waals surface area contributed by atoms with Crippen LogP contribution in [0.25, 0.3) is 11.3 Å². The maximum atomic E-state index is 6.15. The Hall–Kier alpha value is -0.950. The molecule has 0 radical (unpaired) electrons. The summed E-state index contributed by atoms with van der Waals surface area (Å²) >= 11 is 8.28. The van der Waals surface area contributed by atoms with Crippen molar-refractivity contribution in [3.05, 3.63) is 26.8 Å². The highest BCUT2D eigenvalue weighted by molar-refractivity contribution is 14.1. The van der Waals surface area contributed by atoms with Gasteiger partial charge in [-0.2, -0.15) is 5.10 Å². The Kier molecular flexibility index (Phi) is 3.25. The molecule has 0 amide bonds. The third-order valence-electron chi connectivity index (χ3n) is 2.18. The van der Waals surface area contributed by atoms with Crippen LogP contribution in [-0.2, 0) is 0 Å². The van der Waals surface area contributed by atoms with Gasteiger partial charge in [0.15, 0.2) is 5.82 Å². The number of nitrogens with two attached hydrogens (primary N) is 1. The van der Waals surface area contributed by atoms with Gasteiger partial charge >= 0.3 is 0 Å². The second kappa shape index (κ2) is 4.50. The van der Waals surface area contributed by atoms with Gasteiger partial charge in [-0.15, -0.1) is 0 Å². The number of hydrogen-bond donors (Lipinski definition) is 2. The van der Waals surface area contributed by atoms with Gasteiger partial charge < -0.3 is 10.5 Å². The maximum Gasteiger partial charge on any atom is 0.159 e. The highest BCUT2D eigenvalue weighted by atomic mass is 127. The second-order valence-electron chi connectivity index (χ2n) is 3.14. The highest BCUT2D eigenvalue weighted by Gasteiger charge is 2.13. The molecule has 1 heterocycles. The summed E-state index contributed by atoms with van der Waals surface area (Å²) in [6.45, 7) is 0. The predicted molar refractivity (Wildman–Crippen MR) is 72.7 cm³/mol. The van der Waals surface area contributed by atoms with Crippen molar-refractivity contribution in [1.82, 2.24) is 10.2 Å². The standard InChI is InChI=1S/C10H9ClIN3O/c1-16-5-2-3-6(7(11)4-5)9-8(12)10(13)15-14-9/h2-4H,1H3,(H3,13,14,15). The van der Waals surface area contributed by atoms with Crippen LogP contribution in [-0.4, -0.2) is 17.3 Å². The molecule has 3 N–H and O–H groups in total. The summed E-state index contributed by atoms with van der Waals surface area (Å²) < 4.78 is 5.95. The molecular weight excluding hydrogens is 340 g/mol. The SMILES string of the molecule is COc1ccc(-c2[nH]nc(N)c2I)c(Cl)c1. The van der Waals surface area contributed by atoms with Crippen LogP contribution in [0.1, 0.15) is 0 Å². The molecule has 1 aromatic heterocycles. The molecule has 0 bridgehead atoms. The molecule has 0 aliphatic heterocycles. The molecule has 0 saturated carbocycles. The zero-order valence-corrected chi connectivity index (χ0v) is 11.3. The van der Waals surface area contributed by atoms with Crippen LogP contribution in [0.2, 0.25) is 5.02 Å². The third kappa shape index (κ3) is 1.97. The van der Waals surface area contributed by atoms with Crippen molar-refractivity contribution in [2.24, 2.45) is 0 Å². The molecular formula is C10H9ClIN3O. The highest BCUT2D eigenvalue weighted by Crippen LogP contribution is 2.33. The van der Waals surface area contributed by atoms with Crippen LogP contribution in [0.15, 0.2) is 18.2 Å². The number of nitrogens with one attached hydrogen (secondary N) is 1. The van der Waals surface area contributed by atoms with Gasteiger partial charge in [0.05, 0.1) is 21.4 Å². The van der Waals surface area contributed by atoms with Gasteiger partial charge in [0, 0.05) is 5.56 Å². The maximum absolute atomic E-state index is 6.15. The van der Waals surface area contributed by atoms with E-state index in [-0.39, 0.29) is 0 Å². The molecule has 6 heteroatoms. The summed E-state index contributed by atoms with van der Waals surface area (Å²) in [5.74, 6) is 1.19. The number of anilines is 1. The minimum atomic E-state index is 0.475. The Morgan fingerprint density at radius 3 is 2.75 bits per heavy atom. The lowest BCUT2D eigenvalue weighted by atomic mass is 10.1. The molecule has 84 valence electrons. The number of ether oxygens (including phenoxy) is 1. The summed E-state index contributed by atoms with van der Waals surface area (Å²) in [7, 11) is 1.60. The monoisotopic (exact) mass is 349 g/mol. The number of aromatic amines is 1. The average Bonchev–Trinajstić information content (AvgIpc) is 2.60. The zero-order valence-electron chi connectivity index (χ0n) is 8.42. The van der Waals surface area contributed by atoms with Crippen molar-refractivity contribution in [3.63, 3.8) is 0 Å². The van der Waals surface area contributed by atoms with E-state index < -0.39 is 0 Å². The summed E-state index contributed by atoms with van der Waals surface area (Å²) in [6.07, 6.45) is 0. The van der Waals surface area contributed by atoms with Crippen LogP contribution < -0.4 is 10.5 Å². The number of nitrogens with zero attached hydrogens (tertiary/aromatic N) is 1. The minimum Gasteiger partial charge on any atom is -0.497 e. The number of aromatic nitrogens is 2. The van der Waals surface area contributed by atoms with E-state index in [1.54, 1.807) is 13.2 Å². The first-order valence-electron chi connectivity index (χ1n) is 4.46. The molecule has 0 fully saturated rings. The molecule has 0 unspecified atom stereocenters. The number of nitrogen functional groups attached to an aromatic ring is 1. The number of benzene rings is 1. The van der Waals surface area contributed by atoms with Crippen molar-refractivity contribution in [3.8, 4) is 17.0 Å². The van der Waals surface area contributed by atoms with Crippen LogP contribution in [0.4, 0.5) is 5.82 Å². The summed E-state index contributed by atoms with van der Waals surface area (Å²) in [5.41, 5.74) is 7.35. The molecule has 0 aliphatic rings. The fourth-order valence-electron chi connectivity index (χ4n) is 1.35. The van der Waals surface area contributed by atoms with Crippen molar-refractivity contribution in [1.29, 1.82) is 0 Å². The lowest BCUT2D eigenvalue weighted by molar-refractivity contribution is 0.415. The number of H-pyrrole nitrogens is 1. The molecule has 0 aliphatic carbocycles. The van der Waals surface area contributed by atoms with E-state index in [1.165, 1.54) is 0 Å². The van der Waals surface area contributed by atoms with Crippen molar-refractivity contribution in [2.75, 3.05) is 12.8 Å². The molecule has 1 aromatic carbocycles. The van der Waals surface area contributed by atoms with Gasteiger partial charge in [0.1, 0.15) is 5.75 Å². The van der Waals surface area contributed by atoms with Gasteiger partial charge in [-0.1, -0.05) is 11.6 Å². The van der Waals surface area contributed by atoms with Gasteiger partial charge in [0.25, 0.3) is 0 Å². The van der Waals surface area contributed by atoms with Crippen molar-refractivity contribution >= 4 is 40.0 Å². The molecule has 0 spiro atoms. The van der Waals surface area contributed by atoms with Gasteiger partial charge in [-0.25, -0.2) is 0 Å². The van der Waals surface area contributed by atoms with E-state index in [2.05, 4.69) is 32.8 Å². The first-order valence-corrected chi connectivity index (χ1v) is 5.92. The summed E-state index contributed by atoms with van der Waals surface area (Å²) in [5, 5.41) is 7.39. The number of methoxy groups -OCH3 is 1. The van der Waals surface area contributed by atoms with E-state index in [1.807, 2.05) is 12.1 Å². The lowest BCUT2D eigenvalue weighted by Gasteiger charge is -2.05. The molecule has 2 rings (SSSR count). The Labute approximate surface area is 111 Å². The van der Waals surface area contributed by atoms with Crippen LogP contribution in [0, 0.1) is 3.57 Å². The normalized spacial score (nSPS) is 10.4. The van der Waals surface area contributed by atoms with Crippen LogP contribution >= 0.6 is 34.2 Å². The van der Waals surface area contributed by atoms with E-state index in [4.69, 9.17) is 22.1 Å². The number of hydrogen-bond acceptors (Lipinski definition) is 3. The van der Waals surface area contributed by atoms with Crippen LogP contribution in [0.3, 0.4) is 0 Å². The fourth-order valence-corrected chi connectivity index (χ4v) is 2.14. The van der Waals surface area contributed by atoms with Gasteiger partial charge in [-0.3, -0.25) is 5.10 Å². The Bertz CT molecular complexity index is 527. The predicted octanol–water partition coefficient (Wildman–Crippen LogP) is 2.93. The Morgan fingerprint density at radius 2 is 2.25 bits per heavy atom. The largest absolute Gasteiger partial charge is 0.497 e. The summed E-state index contributed by atoms with van der Waals surface area (Å²) in [6, 6.07) is 5.47. The second-order valence-corrected chi connectivity index (χ2v) is 4.63. The first kappa shape index (κ1) is 11.5. The van der Waals surface area contributed by atoms with E-state index in [0.29, 0.717) is 10.8 Å². The Morgan fingerprint density at radius 1 is 1.50 bits per heavy atom. The minimum absolute atomic E-state index is 0.475. The lowest BCUT2D eigenvalue weighted by Crippen LogP contribution is -1.87. The van der Waals surface area contributed by atoms with Crippen LogP contribution in [0.5, 0.6) is 5.75 Å². The summed E-state index contributed by atoms with van der Waals surface area (Å²) in [4.78, 5) is 0. The smallest absolute Gasteiger partial charge is 0.159 e. The van der Waals surface area contributed by atoms with Crippen molar-refractivity contribution in [2.45, 2.75) is 0 Å². The quantitative estimate of drug-likeness (QED) is 0.820. The molecule has 2 aromatic rings. The van der Waals surface area contributed by atoms with E-state index in [0.717, 1.165) is 20.6 Å². The Balaban J connectivity index is 2.52. The number of rotatable bonds is 2. The molecule has 0 atom stereocenters.